The average Bonchev–Trinajstić information content (AvgIpc) is 3.53. The fourth-order valence-electron chi connectivity index (χ4n) is 14.8. The van der Waals surface area contributed by atoms with Gasteiger partial charge < -0.3 is 0 Å². The van der Waals surface area contributed by atoms with Gasteiger partial charge in [0.25, 0.3) is 0 Å². The van der Waals surface area contributed by atoms with E-state index in [1.807, 2.05) is 0 Å². The summed E-state index contributed by atoms with van der Waals surface area (Å²) in [7, 11) is -4.39. The highest BCUT2D eigenvalue weighted by Gasteiger charge is 2.43. The largest absolute Gasteiger partial charge is 0.146 e. The highest BCUT2D eigenvalue weighted by atomic mass is 28.3. The van der Waals surface area contributed by atoms with Crippen LogP contribution in [0.4, 0.5) is 0 Å². The molecular formula is C75H90Si3. The van der Waals surface area contributed by atoms with Gasteiger partial charge in [-0.05, 0) is 180 Å². The van der Waals surface area contributed by atoms with Crippen molar-refractivity contribution >= 4 is 111 Å². The molecule has 0 fully saturated rings. The zero-order valence-corrected chi connectivity index (χ0v) is 53.9. The minimum atomic E-state index is -1.97. The Morgan fingerprint density at radius 1 is 0.256 bits per heavy atom. The van der Waals surface area contributed by atoms with Crippen molar-refractivity contribution in [3.05, 3.63) is 169 Å². The van der Waals surface area contributed by atoms with Gasteiger partial charge in [0.15, 0.2) is 0 Å². The first kappa shape index (κ1) is 58.2. The molecule has 0 amide bonds. The molecule has 0 N–H and O–H groups in total. The predicted molar refractivity (Wildman–Crippen MR) is 361 cm³/mol. The maximum Gasteiger partial charge on any atom is 0.146 e. The van der Waals surface area contributed by atoms with Crippen LogP contribution >= 0.6 is 0 Å². The second kappa shape index (κ2) is 24.2. The molecule has 402 valence electrons. The standard InChI is InChI=1S/C44H54Si2.C22H14.C9H22Si/c1-29(2)45(30(3)4,31(5)6)23-21-39-41-25-35-17-13-15-19-37(35)27-43(41)40(22-24-46(32(7)8,33(9)10)34(11)12)44-28-38-20-16-14-18-36(38)26-42(39)44;1-2-6-16-10-20-14-22-12-18-8-4-3-7-17(18)11-21(22)13-19(20)9-15(16)5-1;1-7(2)10(8(3)4)9(5)6/h13-20,25-34H,1-12H3;1-14H;7-10H,1-6H3. The molecular weight excluding hydrogens is 985 g/mol. The van der Waals surface area contributed by atoms with Gasteiger partial charge in [-0.1, -0.05) is 250 Å². The number of hydrogen-bond acceptors (Lipinski definition) is 0. The molecule has 0 unspecified atom stereocenters. The summed E-state index contributed by atoms with van der Waals surface area (Å²) >= 11 is 0. The molecule has 10 aromatic carbocycles. The van der Waals surface area contributed by atoms with Gasteiger partial charge in [-0.25, -0.2) is 0 Å². The first-order valence-corrected chi connectivity index (χ1v) is 36.2. The van der Waals surface area contributed by atoms with Crippen LogP contribution in [0.1, 0.15) is 136 Å². The summed E-state index contributed by atoms with van der Waals surface area (Å²) in [5.74, 6) is 7.94. The van der Waals surface area contributed by atoms with Crippen molar-refractivity contribution in [3.8, 4) is 22.9 Å². The lowest BCUT2D eigenvalue weighted by Gasteiger charge is -2.38. The highest BCUT2D eigenvalue weighted by molar-refractivity contribution is 6.91. The van der Waals surface area contributed by atoms with E-state index in [4.69, 9.17) is 0 Å². The Morgan fingerprint density at radius 2 is 0.436 bits per heavy atom. The molecule has 0 saturated carbocycles. The van der Waals surface area contributed by atoms with Crippen LogP contribution in [-0.4, -0.2) is 24.9 Å². The van der Waals surface area contributed by atoms with Crippen LogP contribution in [0.3, 0.4) is 0 Å². The van der Waals surface area contributed by atoms with Gasteiger partial charge in [0.05, 0.1) is 0 Å². The second-order valence-electron chi connectivity index (χ2n) is 25.8. The Balaban J connectivity index is 0.000000204. The summed E-state index contributed by atoms with van der Waals surface area (Å²) in [6, 6.07) is 58.1. The molecule has 3 heteroatoms. The molecule has 0 nitrogen and oxygen atoms in total. The van der Waals surface area contributed by atoms with Gasteiger partial charge in [0.1, 0.15) is 16.1 Å². The third-order valence-electron chi connectivity index (χ3n) is 18.2. The Labute approximate surface area is 474 Å². The summed E-state index contributed by atoms with van der Waals surface area (Å²) in [5.41, 5.74) is 16.9. The van der Waals surface area contributed by atoms with Crippen LogP contribution in [0.15, 0.2) is 158 Å². The van der Waals surface area contributed by atoms with E-state index in [0.717, 1.165) is 16.6 Å². The van der Waals surface area contributed by atoms with Gasteiger partial charge in [-0.2, -0.15) is 0 Å². The van der Waals surface area contributed by atoms with Crippen molar-refractivity contribution in [1.82, 2.24) is 0 Å². The molecule has 0 aromatic heterocycles. The van der Waals surface area contributed by atoms with E-state index in [-0.39, 0.29) is 0 Å². The normalized spacial score (nSPS) is 12.4. The van der Waals surface area contributed by atoms with Gasteiger partial charge >= 0.3 is 0 Å². The van der Waals surface area contributed by atoms with Crippen LogP contribution in [0.5, 0.6) is 0 Å². The van der Waals surface area contributed by atoms with Crippen molar-refractivity contribution in [2.75, 3.05) is 0 Å². The molecule has 0 aliphatic carbocycles. The molecule has 0 spiro atoms. The van der Waals surface area contributed by atoms with Crippen molar-refractivity contribution in [2.24, 2.45) is 0 Å². The molecule has 0 aliphatic heterocycles. The lowest BCUT2D eigenvalue weighted by Crippen LogP contribution is -2.43. The van der Waals surface area contributed by atoms with Crippen molar-refractivity contribution < 1.29 is 0 Å². The van der Waals surface area contributed by atoms with E-state index in [1.54, 1.807) is 0 Å². The number of rotatable bonds is 9. The zero-order chi connectivity index (χ0) is 56.4. The average molecular weight is 1080 g/mol. The van der Waals surface area contributed by atoms with E-state index < -0.39 is 24.9 Å². The molecule has 0 bridgehead atoms. The molecule has 0 aliphatic rings. The summed E-state index contributed by atoms with van der Waals surface area (Å²) in [4.78, 5) is 0. The Morgan fingerprint density at radius 3 is 0.603 bits per heavy atom. The van der Waals surface area contributed by atoms with E-state index in [1.165, 1.54) is 97.3 Å². The smallest absolute Gasteiger partial charge is 0.125 e. The fourth-order valence-corrected chi connectivity index (χ4v) is 29.8. The fraction of sp³-hybridized carbons (Fsp3) is 0.360. The van der Waals surface area contributed by atoms with Gasteiger partial charge in [-0.15, -0.1) is 11.1 Å². The minimum absolute atomic E-state index is 0.454. The molecule has 10 rings (SSSR count). The van der Waals surface area contributed by atoms with Crippen LogP contribution < -0.4 is 0 Å². The lowest BCUT2D eigenvalue weighted by molar-refractivity contribution is 0.838. The maximum atomic E-state index is 4.11. The summed E-state index contributed by atoms with van der Waals surface area (Å²) < 4.78 is 0. The van der Waals surface area contributed by atoms with Crippen molar-refractivity contribution in [1.29, 1.82) is 0 Å². The predicted octanol–water partition coefficient (Wildman–Crippen LogP) is 23.2. The zero-order valence-electron chi connectivity index (χ0n) is 50.8. The Bertz CT molecular complexity index is 3410. The first-order valence-electron chi connectivity index (χ1n) is 29.7. The molecule has 10 aromatic rings. The maximum absolute atomic E-state index is 4.11. The summed E-state index contributed by atoms with van der Waals surface area (Å²) in [5, 5.41) is 20.4. The molecule has 0 saturated heterocycles. The monoisotopic (exact) mass is 1070 g/mol. The Kier molecular flexibility index (Phi) is 18.1. The van der Waals surface area contributed by atoms with E-state index in [0.29, 0.717) is 33.2 Å². The lowest BCUT2D eigenvalue weighted by atomic mass is 9.89. The summed E-state index contributed by atoms with van der Waals surface area (Å²) in [6.07, 6.45) is 0. The van der Waals surface area contributed by atoms with E-state index in [9.17, 15) is 0 Å². The van der Waals surface area contributed by atoms with Crippen molar-refractivity contribution in [2.45, 2.75) is 174 Å². The highest BCUT2D eigenvalue weighted by Crippen LogP contribution is 2.44. The number of fused-ring (bicyclic) bond motifs is 8. The van der Waals surface area contributed by atoms with Gasteiger partial charge in [0.2, 0.25) is 0 Å². The molecule has 0 heterocycles. The number of hydrogen-bond donors (Lipinski definition) is 0. The third-order valence-corrected chi connectivity index (χ3v) is 35.4. The second-order valence-corrected chi connectivity index (χ2v) is 42.1. The topological polar surface area (TPSA) is 0 Å². The van der Waals surface area contributed by atoms with Crippen LogP contribution in [0.2, 0.25) is 49.9 Å². The molecule has 0 atom stereocenters. The first-order chi connectivity index (χ1) is 37.1. The minimum Gasteiger partial charge on any atom is -0.125 e. The van der Waals surface area contributed by atoms with Crippen molar-refractivity contribution in [3.63, 3.8) is 0 Å². The van der Waals surface area contributed by atoms with Crippen LogP contribution in [0.25, 0.3) is 86.2 Å². The SMILES string of the molecule is CC(C)[SiH](C(C)C)C(C)C.CC(C)[Si](C#Cc1c2cc3ccccc3cc2c(C#C[Si](C(C)C)(C(C)C)C(C)C)c2cc3ccccc3cc12)(C(C)C)C(C)C.c1ccc2cc3cc4cc5ccccc5cc4cc3cc2c1. The van der Waals surface area contributed by atoms with Gasteiger partial charge in [0, 0.05) is 19.9 Å². The summed E-state index contributed by atoms with van der Waals surface area (Å²) in [6.45, 7) is 43.2. The van der Waals surface area contributed by atoms with Gasteiger partial charge in [-0.3, -0.25) is 0 Å². The quantitative estimate of drug-likeness (QED) is 0.0768. The third kappa shape index (κ3) is 11.6. The number of benzene rings is 10. The van der Waals surface area contributed by atoms with Crippen LogP contribution in [-0.2, 0) is 0 Å². The Hall–Kier alpha value is -5.95. The van der Waals surface area contributed by atoms with E-state index >= 15 is 0 Å². The van der Waals surface area contributed by atoms with Crippen LogP contribution in [0, 0.1) is 22.9 Å². The van der Waals surface area contributed by atoms with E-state index in [2.05, 4.69) is 305 Å². The molecule has 78 heavy (non-hydrogen) atoms. The molecule has 0 radical (unpaired) electrons.